The SMILES string of the molecule is c1ccc(-c2ccc3ccc4c(-c5ccc(-c6ccc7ccc8c(-c9ccccc9)c9ccccc9nc8c7n6)cn5)ccnc4c3n2)cc1.c1ccc(-c2ccc3ccc4c(-c5ccc(-c6ccc7ccc8c(-c9ccccc9)c9ccccc9nc8c7n6)nc5)ccnc4c3n2)cc1. The Labute approximate surface area is 573 Å². The summed E-state index contributed by atoms with van der Waals surface area (Å²) in [5.41, 5.74) is 25.0. The molecule has 0 fully saturated rings. The van der Waals surface area contributed by atoms with Crippen LogP contribution in [-0.2, 0) is 0 Å². The van der Waals surface area contributed by atoms with Gasteiger partial charge < -0.3 is 0 Å². The second-order valence-electron chi connectivity index (χ2n) is 25.0. The molecule has 0 aliphatic heterocycles. The fourth-order valence-electron chi connectivity index (χ4n) is 14.2. The molecule has 0 aliphatic rings. The first-order chi connectivity index (χ1) is 49.6. The van der Waals surface area contributed by atoms with Crippen molar-refractivity contribution in [2.75, 3.05) is 0 Å². The number of aromatic nitrogens is 10. The molecule has 10 heteroatoms. The van der Waals surface area contributed by atoms with Crippen LogP contribution in [0.15, 0.2) is 328 Å². The first-order valence-corrected chi connectivity index (χ1v) is 33.3. The predicted octanol–water partition coefficient (Wildman–Crippen LogP) is 22.2. The van der Waals surface area contributed by atoms with Gasteiger partial charge in [0.15, 0.2) is 0 Å². The van der Waals surface area contributed by atoms with Crippen molar-refractivity contribution in [3.05, 3.63) is 328 Å². The normalized spacial score (nSPS) is 11.6. The highest BCUT2D eigenvalue weighted by molar-refractivity contribution is 6.18. The number of hydrogen-bond donors (Lipinski definition) is 0. The number of benzene rings is 10. The molecular formula is C90H54N10. The molecule has 0 spiro atoms. The minimum atomic E-state index is 0.801. The Kier molecular flexibility index (Phi) is 14.0. The van der Waals surface area contributed by atoms with E-state index in [-0.39, 0.29) is 0 Å². The number of nitrogens with zero attached hydrogens (tertiary/aromatic N) is 10. The Hall–Kier alpha value is -13.7. The average molecular weight is 1280 g/mol. The molecule has 100 heavy (non-hydrogen) atoms. The van der Waals surface area contributed by atoms with E-state index >= 15 is 0 Å². The molecule has 464 valence electrons. The number of para-hydroxylation sites is 2. The van der Waals surface area contributed by atoms with Crippen molar-refractivity contribution in [1.82, 2.24) is 49.8 Å². The molecular weight excluding hydrogens is 1220 g/mol. The molecule has 10 aromatic heterocycles. The zero-order valence-corrected chi connectivity index (χ0v) is 53.6. The molecule has 0 aliphatic carbocycles. The van der Waals surface area contributed by atoms with Crippen LogP contribution in [-0.4, -0.2) is 49.8 Å². The van der Waals surface area contributed by atoms with Crippen LogP contribution in [0.25, 0.3) is 199 Å². The predicted molar refractivity (Wildman–Crippen MR) is 409 cm³/mol. The molecule has 0 radical (unpaired) electrons. The lowest BCUT2D eigenvalue weighted by Crippen LogP contribution is -1.94. The quantitative estimate of drug-likeness (QED) is 0.107. The van der Waals surface area contributed by atoms with E-state index in [0.717, 1.165) is 188 Å². The molecule has 20 rings (SSSR count). The van der Waals surface area contributed by atoms with Crippen LogP contribution in [0.1, 0.15) is 0 Å². The van der Waals surface area contributed by atoms with Crippen LogP contribution in [0.3, 0.4) is 0 Å². The molecule has 20 aromatic rings. The van der Waals surface area contributed by atoms with Crippen LogP contribution in [0.4, 0.5) is 0 Å². The third-order valence-corrected chi connectivity index (χ3v) is 19.1. The highest BCUT2D eigenvalue weighted by Gasteiger charge is 2.20. The van der Waals surface area contributed by atoms with Gasteiger partial charge in [0.25, 0.3) is 0 Å². The summed E-state index contributed by atoms with van der Waals surface area (Å²) < 4.78 is 0. The van der Waals surface area contributed by atoms with Gasteiger partial charge in [0.2, 0.25) is 0 Å². The molecule has 0 saturated heterocycles. The third kappa shape index (κ3) is 10.1. The first-order valence-electron chi connectivity index (χ1n) is 33.3. The van der Waals surface area contributed by atoms with Crippen molar-refractivity contribution in [3.63, 3.8) is 0 Å². The maximum absolute atomic E-state index is 5.21. The first kappa shape index (κ1) is 57.7. The van der Waals surface area contributed by atoms with E-state index in [0.29, 0.717) is 0 Å². The van der Waals surface area contributed by atoms with E-state index in [1.165, 1.54) is 11.1 Å². The third-order valence-electron chi connectivity index (χ3n) is 19.1. The van der Waals surface area contributed by atoms with E-state index in [9.17, 15) is 0 Å². The average Bonchev–Trinajstić information content (AvgIpc) is 0.754. The highest BCUT2D eigenvalue weighted by atomic mass is 14.8. The number of hydrogen-bond acceptors (Lipinski definition) is 10. The van der Waals surface area contributed by atoms with E-state index in [2.05, 4.69) is 231 Å². The van der Waals surface area contributed by atoms with Crippen molar-refractivity contribution in [3.8, 4) is 89.8 Å². The van der Waals surface area contributed by atoms with Crippen LogP contribution in [0, 0.1) is 0 Å². The van der Waals surface area contributed by atoms with Crippen LogP contribution < -0.4 is 0 Å². The van der Waals surface area contributed by atoms with Gasteiger partial charge in [-0.2, -0.15) is 0 Å². The van der Waals surface area contributed by atoms with E-state index in [4.69, 9.17) is 49.8 Å². The van der Waals surface area contributed by atoms with Crippen molar-refractivity contribution in [1.29, 1.82) is 0 Å². The Morgan fingerprint density at radius 3 is 0.990 bits per heavy atom. The van der Waals surface area contributed by atoms with Crippen LogP contribution >= 0.6 is 0 Å². The summed E-state index contributed by atoms with van der Waals surface area (Å²) in [5.74, 6) is 0. The Bertz CT molecular complexity index is 6210. The van der Waals surface area contributed by atoms with Crippen molar-refractivity contribution < 1.29 is 0 Å². The van der Waals surface area contributed by atoms with Crippen molar-refractivity contribution in [2.24, 2.45) is 0 Å². The zero-order chi connectivity index (χ0) is 66.0. The van der Waals surface area contributed by atoms with Gasteiger partial charge in [-0.25, -0.2) is 29.9 Å². The van der Waals surface area contributed by atoms with Gasteiger partial charge in [-0.1, -0.05) is 237 Å². The van der Waals surface area contributed by atoms with E-state index in [1.807, 2.05) is 97.6 Å². The number of rotatable bonds is 8. The second kappa shape index (κ2) is 24.2. The summed E-state index contributed by atoms with van der Waals surface area (Å²) in [5, 5.41) is 10.7. The van der Waals surface area contributed by atoms with Crippen LogP contribution in [0.2, 0.25) is 0 Å². The molecule has 0 bridgehead atoms. The minimum Gasteiger partial charge on any atom is -0.256 e. The van der Waals surface area contributed by atoms with Gasteiger partial charge in [-0.3, -0.25) is 19.9 Å². The summed E-state index contributed by atoms with van der Waals surface area (Å²) in [4.78, 5) is 50.3. The van der Waals surface area contributed by atoms with Gasteiger partial charge in [-0.05, 0) is 83.4 Å². The molecule has 10 heterocycles. The van der Waals surface area contributed by atoms with Gasteiger partial charge >= 0.3 is 0 Å². The fraction of sp³-hybridized carbons (Fsp3) is 0. The fourth-order valence-corrected chi connectivity index (χ4v) is 14.2. The highest BCUT2D eigenvalue weighted by Crippen LogP contribution is 2.42. The van der Waals surface area contributed by atoms with Gasteiger partial charge in [0, 0.05) is 118 Å². The Balaban J connectivity index is 0.000000139. The number of pyridine rings is 10. The van der Waals surface area contributed by atoms with E-state index in [1.54, 1.807) is 0 Å². The lowest BCUT2D eigenvalue weighted by atomic mass is 9.95. The molecule has 10 nitrogen and oxygen atoms in total. The van der Waals surface area contributed by atoms with Crippen molar-refractivity contribution in [2.45, 2.75) is 0 Å². The summed E-state index contributed by atoms with van der Waals surface area (Å²) >= 11 is 0. The summed E-state index contributed by atoms with van der Waals surface area (Å²) in [6.45, 7) is 0. The molecule has 0 saturated carbocycles. The van der Waals surface area contributed by atoms with Gasteiger partial charge in [-0.15, -0.1) is 0 Å². The Morgan fingerprint density at radius 1 is 0.170 bits per heavy atom. The van der Waals surface area contributed by atoms with E-state index < -0.39 is 0 Å². The maximum atomic E-state index is 5.21. The largest absolute Gasteiger partial charge is 0.256 e. The summed E-state index contributed by atoms with van der Waals surface area (Å²) in [6, 6.07) is 105. The monoisotopic (exact) mass is 1270 g/mol. The number of fused-ring (bicyclic) bond motifs is 14. The summed E-state index contributed by atoms with van der Waals surface area (Å²) in [7, 11) is 0. The molecule has 0 amide bonds. The maximum Gasteiger partial charge on any atom is 0.0978 e. The van der Waals surface area contributed by atoms with Gasteiger partial charge in [0.1, 0.15) is 0 Å². The zero-order valence-electron chi connectivity index (χ0n) is 53.6. The lowest BCUT2D eigenvalue weighted by Gasteiger charge is -2.13. The smallest absolute Gasteiger partial charge is 0.0978 e. The van der Waals surface area contributed by atoms with Gasteiger partial charge in [0.05, 0.1) is 89.3 Å². The minimum absolute atomic E-state index is 0.801. The topological polar surface area (TPSA) is 129 Å². The van der Waals surface area contributed by atoms with Crippen molar-refractivity contribution >= 4 is 109 Å². The molecule has 10 aromatic carbocycles. The summed E-state index contributed by atoms with van der Waals surface area (Å²) in [6.07, 6.45) is 7.54. The lowest BCUT2D eigenvalue weighted by molar-refractivity contribution is 1.28. The Morgan fingerprint density at radius 2 is 0.520 bits per heavy atom. The standard InChI is InChI=1S/2C45H27N5/c1-3-9-28(10-4-1)37-22-17-30-15-20-34-33(25-26-46-44(34)42(30)48-37)32-19-23-39(47-27-32)40-24-18-31-16-21-36-41(29-11-5-2-6-12-29)35-13-7-8-14-38(35)49-45(36)43(31)50-40;1-3-9-28(10-4-1)37-22-17-30-15-20-34-33(25-26-46-44(34)42(30)48-37)39-24-19-32(27-47-39)38-23-18-31-16-21-36-41(29-11-5-2-6-12-29)35-13-7-8-14-40(35)50-45(36)43(31)49-38/h2*1-27H. The molecule has 0 unspecified atom stereocenters. The second-order valence-corrected chi connectivity index (χ2v) is 25.0. The van der Waals surface area contributed by atoms with Crippen LogP contribution in [0.5, 0.6) is 0 Å². The molecule has 0 atom stereocenters. The molecule has 0 N–H and O–H groups in total.